The number of β-amino-alcohol motifs (C(OH)–C–C–N with tert-alkyl or cyclic N) is 1. The van der Waals surface area contributed by atoms with Crippen LogP contribution < -0.4 is 20.5 Å². The molecule has 2 fully saturated rings. The van der Waals surface area contributed by atoms with Gasteiger partial charge in [0.05, 0.1) is 24.9 Å². The summed E-state index contributed by atoms with van der Waals surface area (Å²) in [6, 6.07) is 15.3. The van der Waals surface area contributed by atoms with E-state index in [1.165, 1.54) is 5.56 Å². The molecule has 1 unspecified atom stereocenters. The van der Waals surface area contributed by atoms with E-state index in [1.54, 1.807) is 27.9 Å². The van der Waals surface area contributed by atoms with Crippen molar-refractivity contribution in [3.05, 3.63) is 88.2 Å². The summed E-state index contributed by atoms with van der Waals surface area (Å²) >= 11 is 0. The molecule has 2 amide bonds. The van der Waals surface area contributed by atoms with E-state index in [2.05, 4.69) is 39.4 Å². The van der Waals surface area contributed by atoms with Crippen molar-refractivity contribution in [1.82, 2.24) is 29.8 Å². The van der Waals surface area contributed by atoms with Crippen LogP contribution in [0, 0.1) is 6.92 Å². The van der Waals surface area contributed by atoms with Gasteiger partial charge in [0.25, 0.3) is 0 Å². The lowest BCUT2D eigenvalue weighted by atomic mass is 9.90. The minimum absolute atomic E-state index is 0.0759. The number of aliphatic hydroxyl groups excluding tert-OH is 1. The fourth-order valence-corrected chi connectivity index (χ4v) is 5.35. The Kier molecular flexibility index (Phi) is 6.22. The molecule has 3 aromatic heterocycles. The van der Waals surface area contributed by atoms with E-state index >= 15 is 0 Å². The van der Waals surface area contributed by atoms with Gasteiger partial charge in [-0.25, -0.2) is 14.3 Å². The van der Waals surface area contributed by atoms with Gasteiger partial charge in [-0.15, -0.1) is 5.10 Å². The van der Waals surface area contributed by atoms with Gasteiger partial charge in [0, 0.05) is 43.5 Å². The summed E-state index contributed by atoms with van der Waals surface area (Å²) in [6.45, 7) is 6.27. The van der Waals surface area contributed by atoms with Crippen LogP contribution in [0.4, 0.5) is 10.5 Å². The maximum Gasteiger partial charge on any atom is 0.318 e. The Morgan fingerprint density at radius 3 is 2.69 bits per heavy atom. The van der Waals surface area contributed by atoms with Crippen LogP contribution in [0.1, 0.15) is 35.9 Å². The first-order chi connectivity index (χ1) is 18.8. The number of carbonyl (C=O) groups excluding carboxylic acids is 1. The summed E-state index contributed by atoms with van der Waals surface area (Å²) in [6.07, 6.45) is 2.33. The van der Waals surface area contributed by atoms with Crippen molar-refractivity contribution in [2.45, 2.75) is 31.4 Å². The zero-order chi connectivity index (χ0) is 27.1. The summed E-state index contributed by atoms with van der Waals surface area (Å²) < 4.78 is 7.67. The van der Waals surface area contributed by atoms with E-state index in [1.807, 2.05) is 42.2 Å². The van der Waals surface area contributed by atoms with Gasteiger partial charge >= 0.3 is 6.03 Å². The molecule has 1 spiro atoms. The van der Waals surface area contributed by atoms with Crippen molar-refractivity contribution in [1.29, 1.82) is 0 Å². The number of nitrogens with one attached hydrogen (secondary N) is 2. The van der Waals surface area contributed by atoms with Gasteiger partial charge in [0.1, 0.15) is 11.9 Å². The molecule has 39 heavy (non-hydrogen) atoms. The third-order valence-electron chi connectivity index (χ3n) is 7.43. The largest absolute Gasteiger partial charge is 0.491 e. The summed E-state index contributed by atoms with van der Waals surface area (Å²) in [4.78, 5) is 35.1. The van der Waals surface area contributed by atoms with Crippen LogP contribution in [-0.2, 0) is 0 Å². The van der Waals surface area contributed by atoms with Gasteiger partial charge in [-0.2, -0.15) is 0 Å². The van der Waals surface area contributed by atoms with Crippen LogP contribution >= 0.6 is 0 Å². The number of fused-ring (bicyclic) bond motifs is 1. The molecule has 11 heteroatoms. The quantitative estimate of drug-likeness (QED) is 0.319. The molecule has 0 aliphatic carbocycles. The molecule has 1 aromatic carbocycles. The third kappa shape index (κ3) is 4.92. The number of aryl methyl sites for hydroxylation is 1. The van der Waals surface area contributed by atoms with Crippen molar-refractivity contribution < 1.29 is 14.6 Å². The Balaban J connectivity index is 1.09. The first-order valence-corrected chi connectivity index (χ1v) is 13.0. The molecular formula is C28H31N7O4. The SMILES string of the molecule is Cc1cc(OC[C@H](C)c2ccccc2)cn2nc(C(O)CN3CC4(CN(c5cc[nH]c(=O)c5)C4)NC3=O)nc12. The maximum absolute atomic E-state index is 12.7. The van der Waals surface area contributed by atoms with Crippen LogP contribution in [0.5, 0.6) is 5.75 Å². The number of aromatic amines is 1. The summed E-state index contributed by atoms with van der Waals surface area (Å²) in [5.74, 6) is 1.15. The number of anilines is 1. The van der Waals surface area contributed by atoms with Crippen LogP contribution in [-0.4, -0.2) is 73.9 Å². The molecule has 6 rings (SSSR count). The Morgan fingerprint density at radius 1 is 1.13 bits per heavy atom. The van der Waals surface area contributed by atoms with Crippen molar-refractivity contribution >= 4 is 17.4 Å². The number of urea groups is 1. The Morgan fingerprint density at radius 2 is 1.92 bits per heavy atom. The van der Waals surface area contributed by atoms with Crippen LogP contribution in [0.15, 0.2) is 65.7 Å². The number of carbonyl (C=O) groups is 1. The number of H-pyrrole nitrogens is 1. The smallest absolute Gasteiger partial charge is 0.318 e. The number of pyridine rings is 2. The van der Waals surface area contributed by atoms with Crippen molar-refractivity contribution in [3.63, 3.8) is 0 Å². The summed E-state index contributed by atoms with van der Waals surface area (Å²) in [7, 11) is 0. The van der Waals surface area contributed by atoms with E-state index in [0.717, 1.165) is 11.3 Å². The molecule has 2 aliphatic rings. The molecule has 4 aromatic rings. The maximum atomic E-state index is 12.7. The Hall–Kier alpha value is -4.38. The predicted molar refractivity (Wildman–Crippen MR) is 145 cm³/mol. The van der Waals surface area contributed by atoms with Gasteiger partial charge in [0.15, 0.2) is 11.5 Å². The fraction of sp³-hybridized carbons (Fsp3) is 0.357. The first kappa shape index (κ1) is 24.9. The number of benzene rings is 1. The summed E-state index contributed by atoms with van der Waals surface area (Å²) in [5.41, 5.74) is 2.95. The topological polar surface area (TPSA) is 128 Å². The van der Waals surface area contributed by atoms with E-state index in [9.17, 15) is 14.7 Å². The highest BCUT2D eigenvalue weighted by Crippen LogP contribution is 2.31. The molecular weight excluding hydrogens is 498 g/mol. The second-order valence-corrected chi connectivity index (χ2v) is 10.6. The first-order valence-electron chi connectivity index (χ1n) is 13.0. The number of nitrogens with zero attached hydrogens (tertiary/aromatic N) is 5. The predicted octanol–water partition coefficient (Wildman–Crippen LogP) is 2.23. The lowest BCUT2D eigenvalue weighted by Gasteiger charge is -2.48. The zero-order valence-electron chi connectivity index (χ0n) is 21.9. The van der Waals surface area contributed by atoms with E-state index in [-0.39, 0.29) is 29.9 Å². The molecule has 2 saturated heterocycles. The normalized spacial score (nSPS) is 17.8. The molecule has 0 bridgehead atoms. The minimum Gasteiger partial charge on any atom is -0.491 e. The minimum atomic E-state index is -1.04. The molecule has 2 atom stereocenters. The molecule has 5 heterocycles. The standard InChI is InChI=1S/C28H31N7O4/c1-18-10-22(39-14-19(2)20-6-4-3-5-7-20)12-35-26(18)30-25(32-35)23(36)13-33-15-28(31-27(33)38)16-34(17-28)21-8-9-29-24(37)11-21/h3-12,19,23,36H,13-17H2,1-2H3,(H,29,37)(H,31,38)/t19-,23?/m0/s1. The van der Waals surface area contributed by atoms with Crippen LogP contribution in [0.3, 0.4) is 0 Å². The Bertz CT molecular complexity index is 1560. The van der Waals surface area contributed by atoms with Crippen molar-refractivity contribution in [2.75, 3.05) is 37.7 Å². The molecule has 0 saturated carbocycles. The van der Waals surface area contributed by atoms with Crippen LogP contribution in [0.2, 0.25) is 0 Å². The monoisotopic (exact) mass is 529 g/mol. The van der Waals surface area contributed by atoms with Gasteiger partial charge in [0.2, 0.25) is 5.56 Å². The molecule has 0 radical (unpaired) electrons. The van der Waals surface area contributed by atoms with E-state index in [0.29, 0.717) is 37.6 Å². The molecule has 11 nitrogen and oxygen atoms in total. The van der Waals surface area contributed by atoms with Crippen molar-refractivity contribution in [2.24, 2.45) is 0 Å². The zero-order valence-corrected chi connectivity index (χ0v) is 21.9. The third-order valence-corrected chi connectivity index (χ3v) is 7.43. The lowest BCUT2D eigenvalue weighted by molar-refractivity contribution is 0.120. The van der Waals surface area contributed by atoms with Gasteiger partial charge in [-0.1, -0.05) is 37.3 Å². The van der Waals surface area contributed by atoms with Gasteiger partial charge in [-0.05, 0) is 30.2 Å². The number of amides is 2. The summed E-state index contributed by atoms with van der Waals surface area (Å²) in [5, 5.41) is 18.5. The van der Waals surface area contributed by atoms with Gasteiger partial charge < -0.3 is 29.9 Å². The average Bonchev–Trinajstić information content (AvgIpc) is 3.49. The second kappa shape index (κ2) is 9.73. The lowest BCUT2D eigenvalue weighted by Crippen LogP contribution is -2.69. The van der Waals surface area contributed by atoms with Crippen molar-refractivity contribution in [3.8, 4) is 5.75 Å². The number of aliphatic hydroxyl groups is 1. The van der Waals surface area contributed by atoms with Gasteiger partial charge in [-0.3, -0.25) is 4.79 Å². The highest BCUT2D eigenvalue weighted by atomic mass is 16.5. The van der Waals surface area contributed by atoms with E-state index in [4.69, 9.17) is 4.74 Å². The number of rotatable bonds is 8. The van der Waals surface area contributed by atoms with Crippen LogP contribution in [0.25, 0.3) is 5.65 Å². The number of hydrogen-bond donors (Lipinski definition) is 3. The highest BCUT2D eigenvalue weighted by Gasteiger charge is 2.51. The second-order valence-electron chi connectivity index (χ2n) is 10.6. The van der Waals surface area contributed by atoms with E-state index < -0.39 is 11.6 Å². The highest BCUT2D eigenvalue weighted by molar-refractivity contribution is 5.79. The Labute approximate surface area is 225 Å². The fourth-order valence-electron chi connectivity index (χ4n) is 5.35. The number of ether oxygens (including phenoxy) is 1. The number of aromatic nitrogens is 4. The average molecular weight is 530 g/mol. The molecule has 3 N–H and O–H groups in total. The molecule has 2 aliphatic heterocycles. The molecule has 202 valence electrons. The number of hydrogen-bond acceptors (Lipinski definition) is 7.